The van der Waals surface area contributed by atoms with E-state index >= 15 is 0 Å². The predicted molar refractivity (Wildman–Crippen MR) is 60.5 cm³/mol. The normalized spacial score (nSPS) is 17.9. The van der Waals surface area contributed by atoms with Crippen molar-refractivity contribution in [3.8, 4) is 0 Å². The van der Waals surface area contributed by atoms with E-state index in [1.54, 1.807) is 0 Å². The zero-order valence-corrected chi connectivity index (χ0v) is 10.5. The molecule has 0 spiro atoms. The molecule has 1 aliphatic rings. The van der Waals surface area contributed by atoms with Gasteiger partial charge in [-0.25, -0.2) is 9.59 Å². The number of carbonyl (C=O) groups excluding carboxylic acids is 2. The lowest BCUT2D eigenvalue weighted by Crippen LogP contribution is -2.24. The standard InChI is InChI=1S/C12H10F3NO4/c1-19-10(17)7-8(12(13,14)15)6-4-3-5-16(6)9(7)11(18)20-2/h3-5,9H,1-2H3. The number of esters is 2. The number of hydrogen-bond acceptors (Lipinski definition) is 4. The quantitative estimate of drug-likeness (QED) is 0.778. The van der Waals surface area contributed by atoms with Crippen molar-refractivity contribution in [2.45, 2.75) is 12.2 Å². The molecule has 1 aromatic rings. The summed E-state index contributed by atoms with van der Waals surface area (Å²) >= 11 is 0. The molecule has 0 amide bonds. The van der Waals surface area contributed by atoms with Gasteiger partial charge in [0.2, 0.25) is 0 Å². The van der Waals surface area contributed by atoms with Crippen LogP contribution in [-0.2, 0) is 19.1 Å². The summed E-state index contributed by atoms with van der Waals surface area (Å²) in [6, 6.07) is 1.04. The Kier molecular flexibility index (Phi) is 3.33. The lowest BCUT2D eigenvalue weighted by molar-refractivity contribution is -0.146. The van der Waals surface area contributed by atoms with Gasteiger partial charge in [-0.1, -0.05) is 0 Å². The van der Waals surface area contributed by atoms with Crippen molar-refractivity contribution in [2.75, 3.05) is 14.2 Å². The molecule has 2 heterocycles. The number of carbonyl (C=O) groups is 2. The number of nitrogens with zero attached hydrogens (tertiary/aromatic N) is 1. The van der Waals surface area contributed by atoms with Gasteiger partial charge >= 0.3 is 18.1 Å². The summed E-state index contributed by atoms with van der Waals surface area (Å²) in [7, 11) is 1.98. The minimum absolute atomic E-state index is 0.270. The van der Waals surface area contributed by atoms with Crippen LogP contribution in [0.3, 0.4) is 0 Å². The number of fused-ring (bicyclic) bond motifs is 1. The largest absolute Gasteiger partial charge is 0.467 e. The van der Waals surface area contributed by atoms with E-state index in [1.165, 1.54) is 18.3 Å². The molecule has 0 aliphatic carbocycles. The van der Waals surface area contributed by atoms with E-state index in [2.05, 4.69) is 9.47 Å². The Morgan fingerprint density at radius 3 is 2.40 bits per heavy atom. The van der Waals surface area contributed by atoms with Crippen molar-refractivity contribution in [2.24, 2.45) is 0 Å². The van der Waals surface area contributed by atoms with Gasteiger partial charge in [0.1, 0.15) is 0 Å². The number of halogens is 3. The highest BCUT2D eigenvalue weighted by Crippen LogP contribution is 2.46. The summed E-state index contributed by atoms with van der Waals surface area (Å²) in [5.74, 6) is -2.18. The van der Waals surface area contributed by atoms with Gasteiger partial charge in [0.25, 0.3) is 0 Å². The van der Waals surface area contributed by atoms with E-state index in [0.717, 1.165) is 18.8 Å². The second kappa shape index (κ2) is 4.69. The molecule has 8 heteroatoms. The minimum Gasteiger partial charge on any atom is -0.467 e. The van der Waals surface area contributed by atoms with Crippen molar-refractivity contribution in [3.05, 3.63) is 29.6 Å². The zero-order valence-electron chi connectivity index (χ0n) is 10.5. The summed E-state index contributed by atoms with van der Waals surface area (Å²) in [6.07, 6.45) is -3.51. The molecule has 0 saturated carbocycles. The van der Waals surface area contributed by atoms with Crippen LogP contribution in [0.4, 0.5) is 13.2 Å². The van der Waals surface area contributed by atoms with Crippen LogP contribution < -0.4 is 0 Å². The van der Waals surface area contributed by atoms with Gasteiger partial charge in [-0.15, -0.1) is 0 Å². The van der Waals surface area contributed by atoms with Crippen LogP contribution in [0.1, 0.15) is 11.7 Å². The fraction of sp³-hybridized carbons (Fsp3) is 0.333. The van der Waals surface area contributed by atoms with Crippen LogP contribution in [0.5, 0.6) is 0 Å². The monoisotopic (exact) mass is 289 g/mol. The van der Waals surface area contributed by atoms with Gasteiger partial charge in [-0.3, -0.25) is 0 Å². The topological polar surface area (TPSA) is 57.5 Å². The van der Waals surface area contributed by atoms with Gasteiger partial charge in [-0.2, -0.15) is 13.2 Å². The maximum absolute atomic E-state index is 13.2. The second-order valence-electron chi connectivity index (χ2n) is 4.00. The highest BCUT2D eigenvalue weighted by Gasteiger charge is 2.50. The van der Waals surface area contributed by atoms with E-state index in [4.69, 9.17) is 0 Å². The summed E-state index contributed by atoms with van der Waals surface area (Å²) in [4.78, 5) is 23.4. The van der Waals surface area contributed by atoms with Crippen molar-refractivity contribution in [1.82, 2.24) is 4.57 Å². The van der Waals surface area contributed by atoms with Crippen LogP contribution in [-0.4, -0.2) is 36.9 Å². The summed E-state index contributed by atoms with van der Waals surface area (Å²) in [6.45, 7) is 0. The zero-order chi connectivity index (χ0) is 15.1. The fourth-order valence-electron chi connectivity index (χ4n) is 2.21. The molecule has 0 bridgehead atoms. The van der Waals surface area contributed by atoms with E-state index in [-0.39, 0.29) is 5.69 Å². The molecule has 1 unspecified atom stereocenters. The predicted octanol–water partition coefficient (Wildman–Crippen LogP) is 1.70. The highest BCUT2D eigenvalue weighted by molar-refractivity contribution is 6.06. The molecule has 0 N–H and O–H groups in total. The Morgan fingerprint density at radius 1 is 1.25 bits per heavy atom. The molecule has 108 valence electrons. The molecular formula is C12H10F3NO4. The molecule has 0 fully saturated rings. The Labute approximate surface area is 111 Å². The highest BCUT2D eigenvalue weighted by atomic mass is 19.4. The molecule has 1 aliphatic heterocycles. The van der Waals surface area contributed by atoms with Crippen molar-refractivity contribution >= 4 is 17.5 Å². The molecule has 1 atom stereocenters. The Balaban J connectivity index is 2.72. The number of hydrogen-bond donors (Lipinski definition) is 0. The molecule has 0 saturated heterocycles. The van der Waals surface area contributed by atoms with Crippen molar-refractivity contribution in [1.29, 1.82) is 0 Å². The van der Waals surface area contributed by atoms with Gasteiger partial charge in [0.15, 0.2) is 6.04 Å². The second-order valence-corrected chi connectivity index (χ2v) is 4.00. The van der Waals surface area contributed by atoms with E-state index < -0.39 is 35.3 Å². The minimum atomic E-state index is -4.79. The Bertz CT molecular complexity index is 600. The molecule has 5 nitrogen and oxygen atoms in total. The number of methoxy groups -OCH3 is 2. The van der Waals surface area contributed by atoms with Gasteiger partial charge < -0.3 is 14.0 Å². The van der Waals surface area contributed by atoms with Crippen LogP contribution in [0.15, 0.2) is 23.9 Å². The van der Waals surface area contributed by atoms with Crippen LogP contribution >= 0.6 is 0 Å². The number of ether oxygens (including phenoxy) is 2. The van der Waals surface area contributed by atoms with Crippen molar-refractivity contribution in [3.63, 3.8) is 0 Å². The number of alkyl halides is 3. The lowest BCUT2D eigenvalue weighted by atomic mass is 10.0. The van der Waals surface area contributed by atoms with Crippen LogP contribution in [0.25, 0.3) is 5.57 Å². The van der Waals surface area contributed by atoms with Gasteiger partial charge in [-0.05, 0) is 12.1 Å². The first-order valence-electron chi connectivity index (χ1n) is 5.47. The average Bonchev–Trinajstić information content (AvgIpc) is 2.94. The first-order chi connectivity index (χ1) is 9.32. The molecule has 20 heavy (non-hydrogen) atoms. The Hall–Kier alpha value is -2.25. The molecular weight excluding hydrogens is 279 g/mol. The van der Waals surface area contributed by atoms with Gasteiger partial charge in [0, 0.05) is 6.20 Å². The van der Waals surface area contributed by atoms with Gasteiger partial charge in [0.05, 0.1) is 31.1 Å². The summed E-state index contributed by atoms with van der Waals surface area (Å²) in [5, 5.41) is 0. The third kappa shape index (κ3) is 1.97. The van der Waals surface area contributed by atoms with Crippen LogP contribution in [0.2, 0.25) is 0 Å². The summed E-state index contributed by atoms with van der Waals surface area (Å²) in [5.41, 5.74) is -2.21. The van der Waals surface area contributed by atoms with E-state index in [1.807, 2.05) is 0 Å². The third-order valence-corrected chi connectivity index (χ3v) is 2.97. The molecule has 0 aromatic carbocycles. The SMILES string of the molecule is COC(=O)C1=C(C(F)(F)F)c2cccn2C1C(=O)OC. The fourth-order valence-corrected chi connectivity index (χ4v) is 2.21. The lowest BCUT2D eigenvalue weighted by Gasteiger charge is -2.14. The third-order valence-electron chi connectivity index (χ3n) is 2.97. The smallest absolute Gasteiger partial charge is 0.419 e. The maximum Gasteiger partial charge on any atom is 0.419 e. The number of aromatic nitrogens is 1. The number of rotatable bonds is 2. The number of allylic oxidation sites excluding steroid dienone is 1. The average molecular weight is 289 g/mol. The first-order valence-corrected chi connectivity index (χ1v) is 5.47. The van der Waals surface area contributed by atoms with Crippen LogP contribution in [0, 0.1) is 0 Å². The summed E-state index contributed by atoms with van der Waals surface area (Å²) < 4.78 is 49.4. The molecule has 2 rings (SSSR count). The molecule has 0 radical (unpaired) electrons. The maximum atomic E-state index is 13.2. The van der Waals surface area contributed by atoms with E-state index in [9.17, 15) is 22.8 Å². The first kappa shape index (κ1) is 14.2. The van der Waals surface area contributed by atoms with E-state index in [0.29, 0.717) is 0 Å². The van der Waals surface area contributed by atoms with Crippen molar-refractivity contribution < 1.29 is 32.2 Å². The Morgan fingerprint density at radius 2 is 1.90 bits per heavy atom. The molecule has 1 aromatic heterocycles.